The molecule has 0 saturated heterocycles. The molecule has 0 N–H and O–H groups in total. The molecule has 3 aromatic rings. The monoisotopic (exact) mass is 430 g/mol. The summed E-state index contributed by atoms with van der Waals surface area (Å²) in [6, 6.07) is 26.5. The Bertz CT molecular complexity index is 696. The number of hydrogen-bond donors (Lipinski definition) is 0. The summed E-state index contributed by atoms with van der Waals surface area (Å²) < 4.78 is 12.8. The van der Waals surface area contributed by atoms with Gasteiger partial charge in [-0.15, -0.1) is 0 Å². The van der Waals surface area contributed by atoms with Gasteiger partial charge in [-0.25, -0.2) is 0 Å². The summed E-state index contributed by atoms with van der Waals surface area (Å²) in [7, 11) is 0. The maximum absolute atomic E-state index is 5.94. The van der Waals surface area contributed by atoms with E-state index in [-0.39, 0.29) is 0 Å². The van der Waals surface area contributed by atoms with Crippen molar-refractivity contribution in [3.63, 3.8) is 0 Å². The van der Waals surface area contributed by atoms with Crippen LogP contribution >= 0.6 is 22.6 Å². The zero-order valence-electron chi connectivity index (χ0n) is 13.3. The Balaban J connectivity index is 1.68. The van der Waals surface area contributed by atoms with Gasteiger partial charge in [0.1, 0.15) is 24.7 Å². The minimum atomic E-state index is 0.559. The summed E-state index contributed by atoms with van der Waals surface area (Å²) in [5.41, 5.74) is 3.51. The van der Waals surface area contributed by atoms with Crippen molar-refractivity contribution in [2.24, 2.45) is 0 Å². The van der Waals surface area contributed by atoms with Gasteiger partial charge in [0.2, 0.25) is 0 Å². The largest absolute Gasteiger partial charge is 0.489 e. The lowest BCUT2D eigenvalue weighted by Crippen LogP contribution is -1.99. The third kappa shape index (κ3) is 4.99. The number of ether oxygens (including phenoxy) is 2. The first kappa shape index (κ1) is 16.8. The van der Waals surface area contributed by atoms with Crippen molar-refractivity contribution in [2.45, 2.75) is 17.6 Å². The number of rotatable bonds is 7. The highest BCUT2D eigenvalue weighted by molar-refractivity contribution is 14.1. The highest BCUT2D eigenvalue weighted by atomic mass is 127. The molecule has 122 valence electrons. The van der Waals surface area contributed by atoms with Crippen molar-refractivity contribution >= 4 is 22.6 Å². The predicted molar refractivity (Wildman–Crippen MR) is 106 cm³/mol. The predicted octanol–water partition coefficient (Wildman–Crippen LogP) is 5.78. The lowest BCUT2D eigenvalue weighted by atomic mass is 10.2. The molecule has 0 aromatic heterocycles. The van der Waals surface area contributed by atoms with Gasteiger partial charge in [0.05, 0.1) is 0 Å². The van der Waals surface area contributed by atoms with Crippen LogP contribution in [0.1, 0.15) is 16.7 Å². The van der Waals surface area contributed by atoms with Crippen molar-refractivity contribution in [2.75, 3.05) is 0 Å². The Morgan fingerprint density at radius 3 is 1.46 bits per heavy atom. The van der Waals surface area contributed by atoms with Gasteiger partial charge in [-0.2, -0.15) is 0 Å². The minimum Gasteiger partial charge on any atom is -0.489 e. The van der Waals surface area contributed by atoms with Crippen LogP contribution in [0.4, 0.5) is 0 Å². The second-order valence-electron chi connectivity index (χ2n) is 5.49. The fourth-order valence-corrected chi connectivity index (χ4v) is 2.80. The second kappa shape index (κ2) is 8.73. The number of alkyl halides is 1. The van der Waals surface area contributed by atoms with E-state index in [9.17, 15) is 0 Å². The summed E-state index contributed by atoms with van der Waals surface area (Å²) in [6.45, 7) is 1.12. The standard InChI is InChI=1S/C21H19IO2/c22-14-19-11-20(23-15-17-7-3-1-4-8-17)13-21(12-19)24-16-18-9-5-2-6-10-18/h1-13H,14-16H2. The normalized spacial score (nSPS) is 10.4. The minimum absolute atomic E-state index is 0.559. The molecule has 0 saturated carbocycles. The summed E-state index contributed by atoms with van der Waals surface area (Å²) in [5, 5.41) is 0. The van der Waals surface area contributed by atoms with E-state index < -0.39 is 0 Å². The molecular weight excluding hydrogens is 411 g/mol. The first-order valence-electron chi connectivity index (χ1n) is 7.87. The van der Waals surface area contributed by atoms with Gasteiger partial charge in [-0.05, 0) is 28.8 Å². The van der Waals surface area contributed by atoms with Crippen LogP contribution in [0, 0.1) is 0 Å². The third-order valence-electron chi connectivity index (χ3n) is 3.59. The molecule has 0 spiro atoms. The van der Waals surface area contributed by atoms with Gasteiger partial charge in [-0.3, -0.25) is 0 Å². The van der Waals surface area contributed by atoms with Crippen molar-refractivity contribution in [1.82, 2.24) is 0 Å². The molecule has 3 aromatic carbocycles. The molecule has 0 aliphatic rings. The SMILES string of the molecule is ICc1cc(OCc2ccccc2)cc(OCc2ccccc2)c1. The van der Waals surface area contributed by atoms with E-state index in [2.05, 4.69) is 59.0 Å². The maximum atomic E-state index is 5.94. The molecule has 0 aliphatic carbocycles. The molecule has 0 amide bonds. The van der Waals surface area contributed by atoms with Crippen molar-refractivity contribution < 1.29 is 9.47 Å². The van der Waals surface area contributed by atoms with Crippen LogP contribution in [0.25, 0.3) is 0 Å². The molecule has 0 unspecified atom stereocenters. The average molecular weight is 430 g/mol. The first-order chi connectivity index (χ1) is 11.8. The summed E-state index contributed by atoms with van der Waals surface area (Å²) >= 11 is 2.36. The zero-order valence-corrected chi connectivity index (χ0v) is 15.5. The van der Waals surface area contributed by atoms with Gasteiger partial charge in [0.15, 0.2) is 0 Å². The Kier molecular flexibility index (Phi) is 6.13. The highest BCUT2D eigenvalue weighted by Gasteiger charge is 2.04. The van der Waals surface area contributed by atoms with Gasteiger partial charge < -0.3 is 9.47 Å². The molecular formula is C21H19IO2. The summed E-state index contributed by atoms with van der Waals surface area (Å²) in [6.07, 6.45) is 0. The molecule has 3 rings (SSSR count). The lowest BCUT2D eigenvalue weighted by Gasteiger charge is -2.12. The van der Waals surface area contributed by atoms with E-state index in [1.807, 2.05) is 42.5 Å². The summed E-state index contributed by atoms with van der Waals surface area (Å²) in [5.74, 6) is 1.69. The maximum Gasteiger partial charge on any atom is 0.123 e. The van der Waals surface area contributed by atoms with Crippen LogP contribution < -0.4 is 9.47 Å². The zero-order chi connectivity index (χ0) is 16.6. The van der Waals surface area contributed by atoms with Crippen LogP contribution in [-0.2, 0) is 17.6 Å². The van der Waals surface area contributed by atoms with E-state index in [0.717, 1.165) is 27.1 Å². The fourth-order valence-electron chi connectivity index (χ4n) is 2.36. The van der Waals surface area contributed by atoms with Crippen molar-refractivity contribution in [3.05, 3.63) is 95.6 Å². The van der Waals surface area contributed by atoms with E-state index >= 15 is 0 Å². The number of hydrogen-bond acceptors (Lipinski definition) is 2. The van der Waals surface area contributed by atoms with Crippen LogP contribution in [0.15, 0.2) is 78.9 Å². The highest BCUT2D eigenvalue weighted by Crippen LogP contribution is 2.26. The Morgan fingerprint density at radius 2 is 1.04 bits per heavy atom. The topological polar surface area (TPSA) is 18.5 Å². The van der Waals surface area contributed by atoms with Crippen LogP contribution in [0.3, 0.4) is 0 Å². The molecule has 2 nitrogen and oxygen atoms in total. The molecule has 0 atom stereocenters. The number of benzene rings is 3. The molecule has 0 bridgehead atoms. The van der Waals surface area contributed by atoms with E-state index in [1.54, 1.807) is 0 Å². The van der Waals surface area contributed by atoms with E-state index in [0.29, 0.717) is 13.2 Å². The molecule has 3 heteroatoms. The van der Waals surface area contributed by atoms with Crippen LogP contribution in [0.5, 0.6) is 11.5 Å². The van der Waals surface area contributed by atoms with Crippen LogP contribution in [-0.4, -0.2) is 0 Å². The van der Waals surface area contributed by atoms with Crippen LogP contribution in [0.2, 0.25) is 0 Å². The molecule has 0 aliphatic heterocycles. The first-order valence-corrected chi connectivity index (χ1v) is 9.39. The van der Waals surface area contributed by atoms with Gasteiger partial charge in [0, 0.05) is 10.5 Å². The Labute approximate surface area is 156 Å². The smallest absolute Gasteiger partial charge is 0.123 e. The summed E-state index contributed by atoms with van der Waals surface area (Å²) in [4.78, 5) is 0. The van der Waals surface area contributed by atoms with Crippen molar-refractivity contribution in [1.29, 1.82) is 0 Å². The average Bonchev–Trinajstić information content (AvgIpc) is 2.66. The Morgan fingerprint density at radius 1 is 0.583 bits per heavy atom. The molecule has 0 radical (unpaired) electrons. The quantitative estimate of drug-likeness (QED) is 0.350. The lowest BCUT2D eigenvalue weighted by molar-refractivity contribution is 0.289. The van der Waals surface area contributed by atoms with Gasteiger partial charge in [-0.1, -0.05) is 83.3 Å². The van der Waals surface area contributed by atoms with E-state index in [1.165, 1.54) is 5.56 Å². The second-order valence-corrected chi connectivity index (χ2v) is 6.26. The number of halogens is 1. The van der Waals surface area contributed by atoms with Gasteiger partial charge in [0.25, 0.3) is 0 Å². The Hall–Kier alpha value is -2.01. The third-order valence-corrected chi connectivity index (χ3v) is 4.47. The molecule has 0 heterocycles. The fraction of sp³-hybridized carbons (Fsp3) is 0.143. The van der Waals surface area contributed by atoms with Crippen molar-refractivity contribution in [3.8, 4) is 11.5 Å². The molecule has 24 heavy (non-hydrogen) atoms. The van der Waals surface area contributed by atoms with E-state index in [4.69, 9.17) is 9.47 Å². The molecule has 0 fully saturated rings. The van der Waals surface area contributed by atoms with Gasteiger partial charge >= 0.3 is 0 Å².